The van der Waals surface area contributed by atoms with Gasteiger partial charge in [0.2, 0.25) is 0 Å². The van der Waals surface area contributed by atoms with Crippen molar-refractivity contribution in [2.75, 3.05) is 19.4 Å². The van der Waals surface area contributed by atoms with E-state index in [4.69, 9.17) is 0 Å². The third-order valence-electron chi connectivity index (χ3n) is 3.52. The van der Waals surface area contributed by atoms with Crippen LogP contribution in [0, 0.1) is 5.82 Å². The second-order valence-corrected chi connectivity index (χ2v) is 4.79. The van der Waals surface area contributed by atoms with Crippen LogP contribution in [-0.2, 0) is 0 Å². The summed E-state index contributed by atoms with van der Waals surface area (Å²) in [5.41, 5.74) is 1.01. The van der Waals surface area contributed by atoms with Gasteiger partial charge in [0.05, 0.1) is 6.04 Å². The molecule has 5 heteroatoms. The first-order valence-corrected chi connectivity index (χ1v) is 6.70. The normalized spacial score (nSPS) is 11.8. The average molecular weight is 287 g/mol. The number of halogens is 1. The highest BCUT2D eigenvalue weighted by Gasteiger charge is 2.21. The van der Waals surface area contributed by atoms with E-state index in [9.17, 15) is 9.18 Å². The maximum Gasteiger partial charge on any atom is 0.254 e. The van der Waals surface area contributed by atoms with Crippen molar-refractivity contribution in [2.24, 2.45) is 0 Å². The molecule has 1 aromatic heterocycles. The molecule has 0 saturated carbocycles. The van der Waals surface area contributed by atoms with Crippen molar-refractivity contribution >= 4 is 11.7 Å². The number of nitrogens with zero attached hydrogens (tertiary/aromatic N) is 2. The van der Waals surface area contributed by atoms with E-state index in [-0.39, 0.29) is 17.8 Å². The fraction of sp³-hybridized carbons (Fsp3) is 0.250. The topological polar surface area (TPSA) is 45.2 Å². The van der Waals surface area contributed by atoms with Crippen LogP contribution in [-0.4, -0.2) is 29.9 Å². The lowest BCUT2D eigenvalue weighted by Crippen LogP contribution is -2.30. The summed E-state index contributed by atoms with van der Waals surface area (Å²) in [4.78, 5) is 18.1. The Balaban J connectivity index is 2.24. The number of anilines is 1. The minimum Gasteiger partial charge on any atom is -0.373 e. The van der Waals surface area contributed by atoms with Crippen molar-refractivity contribution in [3.8, 4) is 0 Å². The molecule has 1 aromatic carbocycles. The summed E-state index contributed by atoms with van der Waals surface area (Å²) in [5.74, 6) is 0.132. The molecule has 0 radical (unpaired) electrons. The van der Waals surface area contributed by atoms with Crippen molar-refractivity contribution in [2.45, 2.75) is 13.0 Å². The maximum atomic E-state index is 13.8. The Hall–Kier alpha value is -2.43. The predicted octanol–water partition coefficient (Wildman–Crippen LogP) is 3.10. The van der Waals surface area contributed by atoms with E-state index < -0.39 is 0 Å². The van der Waals surface area contributed by atoms with Crippen LogP contribution < -0.4 is 5.32 Å². The molecule has 0 aliphatic rings. The van der Waals surface area contributed by atoms with Gasteiger partial charge in [-0.2, -0.15) is 0 Å². The third-order valence-corrected chi connectivity index (χ3v) is 3.52. The van der Waals surface area contributed by atoms with Crippen LogP contribution in [0.1, 0.15) is 28.9 Å². The summed E-state index contributed by atoms with van der Waals surface area (Å²) in [6, 6.07) is 9.45. The van der Waals surface area contributed by atoms with Gasteiger partial charge < -0.3 is 10.2 Å². The van der Waals surface area contributed by atoms with Gasteiger partial charge in [0.25, 0.3) is 5.91 Å². The molecule has 110 valence electrons. The standard InChI is InChI=1S/C16H18FN3O/c1-11(13-6-4-5-7-14(13)17)20(3)16(21)12-8-9-19-15(10-12)18-2/h4-11H,1-3H3,(H,18,19). The van der Waals surface area contributed by atoms with E-state index in [0.717, 1.165) is 0 Å². The molecule has 2 rings (SSSR count). The zero-order valence-corrected chi connectivity index (χ0v) is 12.3. The molecule has 1 unspecified atom stereocenters. The Morgan fingerprint density at radius 2 is 2.05 bits per heavy atom. The number of carbonyl (C=O) groups excluding carboxylic acids is 1. The first-order chi connectivity index (χ1) is 10.0. The van der Waals surface area contributed by atoms with E-state index in [1.165, 1.54) is 11.0 Å². The minimum absolute atomic E-state index is 0.176. The van der Waals surface area contributed by atoms with Crippen LogP contribution in [0.5, 0.6) is 0 Å². The van der Waals surface area contributed by atoms with Gasteiger partial charge in [-0.15, -0.1) is 0 Å². The molecule has 21 heavy (non-hydrogen) atoms. The molecule has 0 spiro atoms. The monoisotopic (exact) mass is 287 g/mol. The Labute approximate surface area is 123 Å². The molecule has 0 aliphatic carbocycles. The Bertz CT molecular complexity index is 645. The fourth-order valence-corrected chi connectivity index (χ4v) is 2.10. The van der Waals surface area contributed by atoms with Gasteiger partial charge in [0.15, 0.2) is 0 Å². The van der Waals surface area contributed by atoms with Crippen molar-refractivity contribution in [1.29, 1.82) is 0 Å². The SMILES string of the molecule is CNc1cc(C(=O)N(C)C(C)c2ccccc2F)ccn1. The molecule has 4 nitrogen and oxygen atoms in total. The van der Waals surface area contributed by atoms with Gasteiger partial charge >= 0.3 is 0 Å². The largest absolute Gasteiger partial charge is 0.373 e. The number of carbonyl (C=O) groups is 1. The third kappa shape index (κ3) is 3.18. The molecular weight excluding hydrogens is 269 g/mol. The average Bonchev–Trinajstić information content (AvgIpc) is 2.53. The molecule has 0 aliphatic heterocycles. The second-order valence-electron chi connectivity index (χ2n) is 4.79. The summed E-state index contributed by atoms with van der Waals surface area (Å²) < 4.78 is 13.8. The number of amides is 1. The molecule has 2 aromatic rings. The zero-order chi connectivity index (χ0) is 15.4. The minimum atomic E-state index is -0.357. The van der Waals surface area contributed by atoms with Gasteiger partial charge in [-0.3, -0.25) is 4.79 Å². The molecule has 1 N–H and O–H groups in total. The van der Waals surface area contributed by atoms with E-state index in [2.05, 4.69) is 10.3 Å². The molecule has 1 amide bonds. The molecule has 1 heterocycles. The smallest absolute Gasteiger partial charge is 0.254 e. The number of nitrogens with one attached hydrogen (secondary N) is 1. The first-order valence-electron chi connectivity index (χ1n) is 6.70. The van der Waals surface area contributed by atoms with Crippen LogP contribution in [0.15, 0.2) is 42.6 Å². The van der Waals surface area contributed by atoms with Gasteiger partial charge in [0, 0.05) is 31.4 Å². The summed E-state index contributed by atoms with van der Waals surface area (Å²) >= 11 is 0. The lowest BCUT2D eigenvalue weighted by atomic mass is 10.1. The fourth-order valence-electron chi connectivity index (χ4n) is 2.10. The molecule has 0 bridgehead atoms. The van der Waals surface area contributed by atoms with Crippen LogP contribution in [0.3, 0.4) is 0 Å². The predicted molar refractivity (Wildman–Crippen MR) is 80.7 cm³/mol. The van der Waals surface area contributed by atoms with Crippen molar-refractivity contribution in [1.82, 2.24) is 9.88 Å². The highest BCUT2D eigenvalue weighted by molar-refractivity contribution is 5.94. The van der Waals surface area contributed by atoms with E-state index in [1.807, 2.05) is 0 Å². The Kier molecular flexibility index (Phi) is 4.52. The van der Waals surface area contributed by atoms with E-state index in [0.29, 0.717) is 16.9 Å². The van der Waals surface area contributed by atoms with Crippen LogP contribution >= 0.6 is 0 Å². The van der Waals surface area contributed by atoms with Crippen molar-refractivity contribution in [3.05, 3.63) is 59.5 Å². The van der Waals surface area contributed by atoms with Crippen LogP contribution in [0.2, 0.25) is 0 Å². The highest BCUT2D eigenvalue weighted by atomic mass is 19.1. The molecule has 0 fully saturated rings. The quantitative estimate of drug-likeness (QED) is 0.940. The number of hydrogen-bond donors (Lipinski definition) is 1. The first kappa shape index (κ1) is 15.0. The van der Waals surface area contributed by atoms with Gasteiger partial charge in [-0.1, -0.05) is 18.2 Å². The number of rotatable bonds is 4. The van der Waals surface area contributed by atoms with Crippen molar-refractivity contribution in [3.63, 3.8) is 0 Å². The maximum absolute atomic E-state index is 13.8. The Morgan fingerprint density at radius 3 is 2.71 bits per heavy atom. The van der Waals surface area contributed by atoms with E-state index in [1.54, 1.807) is 57.5 Å². The lowest BCUT2D eigenvalue weighted by Gasteiger charge is -2.25. The summed E-state index contributed by atoms with van der Waals surface area (Å²) in [6.07, 6.45) is 1.57. The number of aromatic nitrogens is 1. The lowest BCUT2D eigenvalue weighted by molar-refractivity contribution is 0.0740. The van der Waals surface area contributed by atoms with E-state index >= 15 is 0 Å². The molecular formula is C16H18FN3O. The number of hydrogen-bond acceptors (Lipinski definition) is 3. The summed E-state index contributed by atoms with van der Waals surface area (Å²) in [5, 5.41) is 2.89. The van der Waals surface area contributed by atoms with Gasteiger partial charge in [-0.25, -0.2) is 9.37 Å². The van der Waals surface area contributed by atoms with Crippen LogP contribution in [0.4, 0.5) is 10.2 Å². The Morgan fingerprint density at radius 1 is 1.33 bits per heavy atom. The van der Waals surface area contributed by atoms with Gasteiger partial charge in [0.1, 0.15) is 11.6 Å². The number of benzene rings is 1. The second kappa shape index (κ2) is 6.35. The molecule has 1 atom stereocenters. The summed E-state index contributed by atoms with van der Waals surface area (Å²) in [7, 11) is 3.40. The van der Waals surface area contributed by atoms with Crippen LogP contribution in [0.25, 0.3) is 0 Å². The highest BCUT2D eigenvalue weighted by Crippen LogP contribution is 2.23. The summed E-state index contributed by atoms with van der Waals surface area (Å²) in [6.45, 7) is 1.80. The molecule has 0 saturated heterocycles. The van der Waals surface area contributed by atoms with Gasteiger partial charge in [-0.05, 0) is 25.1 Å². The zero-order valence-electron chi connectivity index (χ0n) is 12.3. The number of pyridine rings is 1. The van der Waals surface area contributed by atoms with Crippen molar-refractivity contribution < 1.29 is 9.18 Å².